The topological polar surface area (TPSA) is 67.4 Å². The van der Waals surface area contributed by atoms with E-state index in [-0.39, 0.29) is 17.8 Å². The number of halogens is 1. The zero-order chi connectivity index (χ0) is 15.5. The number of rotatable bonds is 5. The Kier molecular flexibility index (Phi) is 6.67. The summed E-state index contributed by atoms with van der Waals surface area (Å²) in [5.41, 5.74) is 0.841. The zero-order valence-corrected chi connectivity index (χ0v) is 14.9. The van der Waals surface area contributed by atoms with Crippen LogP contribution in [0.3, 0.4) is 0 Å². The van der Waals surface area contributed by atoms with Crippen molar-refractivity contribution in [3.8, 4) is 5.75 Å². The smallest absolute Gasteiger partial charge is 0.240 e. The first-order chi connectivity index (χ1) is 9.86. The standard InChI is InChI=1S/C15H24N2O3S.ClH/c1-12-10-13(4-5-14(12)20-3)21(18,19)17-11-15(2)6-8-16-9-7-15;/h4-5,10,16-17H,6-9,11H2,1-3H3;1H. The molecule has 1 aliphatic rings. The molecule has 0 unspecified atom stereocenters. The minimum Gasteiger partial charge on any atom is -0.496 e. The van der Waals surface area contributed by atoms with Crippen molar-refractivity contribution in [2.45, 2.75) is 31.6 Å². The maximum Gasteiger partial charge on any atom is 0.240 e. The first-order valence-corrected chi connectivity index (χ1v) is 8.70. The summed E-state index contributed by atoms with van der Waals surface area (Å²) in [7, 11) is -1.90. The lowest BCUT2D eigenvalue weighted by atomic mass is 9.81. The molecule has 5 nitrogen and oxygen atoms in total. The van der Waals surface area contributed by atoms with Crippen LogP contribution in [0.15, 0.2) is 23.1 Å². The molecule has 0 atom stereocenters. The van der Waals surface area contributed by atoms with Crippen LogP contribution in [0.5, 0.6) is 5.75 Å². The van der Waals surface area contributed by atoms with Gasteiger partial charge in [0.25, 0.3) is 0 Å². The van der Waals surface area contributed by atoms with Gasteiger partial charge in [0.15, 0.2) is 0 Å². The molecule has 0 radical (unpaired) electrons. The summed E-state index contributed by atoms with van der Waals surface area (Å²) < 4.78 is 32.7. The Morgan fingerprint density at radius 3 is 2.50 bits per heavy atom. The molecule has 1 aromatic carbocycles. The van der Waals surface area contributed by atoms with Crippen molar-refractivity contribution in [1.82, 2.24) is 10.0 Å². The van der Waals surface area contributed by atoms with Crippen molar-refractivity contribution < 1.29 is 13.2 Å². The van der Waals surface area contributed by atoms with Crippen LogP contribution in [-0.4, -0.2) is 35.2 Å². The number of aryl methyl sites for hydroxylation is 1. The van der Waals surface area contributed by atoms with E-state index in [1.807, 2.05) is 6.92 Å². The normalized spacial score (nSPS) is 17.6. The molecule has 1 aromatic rings. The lowest BCUT2D eigenvalue weighted by molar-refractivity contribution is 0.232. The molecule has 1 fully saturated rings. The van der Waals surface area contributed by atoms with E-state index < -0.39 is 10.0 Å². The number of nitrogens with one attached hydrogen (secondary N) is 2. The van der Waals surface area contributed by atoms with Gasteiger partial charge in [-0.2, -0.15) is 0 Å². The average Bonchev–Trinajstić information content (AvgIpc) is 2.46. The van der Waals surface area contributed by atoms with E-state index in [0.717, 1.165) is 31.5 Å². The Morgan fingerprint density at radius 1 is 1.32 bits per heavy atom. The second-order valence-corrected chi connectivity index (χ2v) is 7.78. The van der Waals surface area contributed by atoms with E-state index in [4.69, 9.17) is 4.74 Å². The van der Waals surface area contributed by atoms with Crippen molar-refractivity contribution in [2.24, 2.45) is 5.41 Å². The van der Waals surface area contributed by atoms with E-state index in [0.29, 0.717) is 17.2 Å². The molecule has 0 bridgehead atoms. The third kappa shape index (κ3) is 4.59. The number of piperidine rings is 1. The van der Waals surface area contributed by atoms with Gasteiger partial charge in [-0.15, -0.1) is 12.4 Å². The summed E-state index contributed by atoms with van der Waals surface area (Å²) in [4.78, 5) is 0.290. The Balaban J connectivity index is 0.00000242. The highest BCUT2D eigenvalue weighted by Crippen LogP contribution is 2.28. The van der Waals surface area contributed by atoms with E-state index in [9.17, 15) is 8.42 Å². The maximum absolute atomic E-state index is 12.4. The fourth-order valence-corrected chi connectivity index (χ4v) is 3.86. The number of benzene rings is 1. The van der Waals surface area contributed by atoms with Gasteiger partial charge < -0.3 is 10.1 Å². The highest BCUT2D eigenvalue weighted by molar-refractivity contribution is 7.89. The lowest BCUT2D eigenvalue weighted by Crippen LogP contribution is -2.42. The van der Waals surface area contributed by atoms with Crippen molar-refractivity contribution in [2.75, 3.05) is 26.7 Å². The summed E-state index contributed by atoms with van der Waals surface area (Å²) in [5.74, 6) is 0.694. The lowest BCUT2D eigenvalue weighted by Gasteiger charge is -2.34. The van der Waals surface area contributed by atoms with Gasteiger partial charge in [-0.25, -0.2) is 13.1 Å². The molecule has 0 aliphatic carbocycles. The third-order valence-electron chi connectivity index (χ3n) is 4.18. The van der Waals surface area contributed by atoms with Gasteiger partial charge in [-0.3, -0.25) is 0 Å². The monoisotopic (exact) mass is 348 g/mol. The molecule has 22 heavy (non-hydrogen) atoms. The predicted molar refractivity (Wildman–Crippen MR) is 90.4 cm³/mol. The molecule has 1 aliphatic heterocycles. The number of ether oxygens (including phenoxy) is 1. The van der Waals surface area contributed by atoms with Gasteiger partial charge >= 0.3 is 0 Å². The molecule has 7 heteroatoms. The van der Waals surface area contributed by atoms with Crippen molar-refractivity contribution in [3.63, 3.8) is 0 Å². The second kappa shape index (κ2) is 7.64. The number of sulfonamides is 1. The Bertz CT molecular complexity index is 599. The summed E-state index contributed by atoms with van der Waals surface area (Å²) in [6.07, 6.45) is 1.97. The molecule has 1 heterocycles. The fourth-order valence-electron chi connectivity index (χ4n) is 2.58. The van der Waals surface area contributed by atoms with Crippen LogP contribution >= 0.6 is 12.4 Å². The molecule has 2 rings (SSSR count). The van der Waals surface area contributed by atoms with Gasteiger partial charge in [0.1, 0.15) is 5.75 Å². The van der Waals surface area contributed by atoms with E-state index in [1.165, 1.54) is 0 Å². The molecule has 1 saturated heterocycles. The average molecular weight is 349 g/mol. The largest absolute Gasteiger partial charge is 0.496 e. The highest BCUT2D eigenvalue weighted by Gasteiger charge is 2.28. The van der Waals surface area contributed by atoms with Crippen LogP contribution in [0.1, 0.15) is 25.3 Å². The summed E-state index contributed by atoms with van der Waals surface area (Å²) >= 11 is 0. The second-order valence-electron chi connectivity index (χ2n) is 6.02. The Labute approximate surface area is 139 Å². The van der Waals surface area contributed by atoms with E-state index in [1.54, 1.807) is 25.3 Å². The number of hydrogen-bond donors (Lipinski definition) is 2. The van der Waals surface area contributed by atoms with Gasteiger partial charge in [-0.1, -0.05) is 6.92 Å². The first kappa shape index (κ1) is 19.2. The van der Waals surface area contributed by atoms with Crippen molar-refractivity contribution in [3.05, 3.63) is 23.8 Å². The Morgan fingerprint density at radius 2 is 1.95 bits per heavy atom. The molecule has 126 valence electrons. The van der Waals surface area contributed by atoms with Gasteiger partial charge in [-0.05, 0) is 62.0 Å². The SMILES string of the molecule is COc1ccc(S(=O)(=O)NCC2(C)CCNCC2)cc1C.Cl. The first-order valence-electron chi connectivity index (χ1n) is 7.21. The van der Waals surface area contributed by atoms with E-state index >= 15 is 0 Å². The zero-order valence-electron chi connectivity index (χ0n) is 13.3. The molecule has 0 spiro atoms. The number of methoxy groups -OCH3 is 1. The minimum atomic E-state index is -3.47. The van der Waals surface area contributed by atoms with Gasteiger partial charge in [0.2, 0.25) is 10.0 Å². The molecular weight excluding hydrogens is 324 g/mol. The van der Waals surface area contributed by atoms with Crippen molar-refractivity contribution in [1.29, 1.82) is 0 Å². The molecule has 0 aromatic heterocycles. The third-order valence-corrected chi connectivity index (χ3v) is 5.58. The quantitative estimate of drug-likeness (QED) is 0.855. The predicted octanol–water partition coefficient (Wildman–Crippen LogP) is 2.09. The van der Waals surface area contributed by atoms with Crippen LogP contribution in [0.4, 0.5) is 0 Å². The fraction of sp³-hybridized carbons (Fsp3) is 0.600. The van der Waals surface area contributed by atoms with Gasteiger partial charge in [0, 0.05) is 6.54 Å². The minimum absolute atomic E-state index is 0. The molecule has 2 N–H and O–H groups in total. The summed E-state index contributed by atoms with van der Waals surface area (Å²) in [5, 5.41) is 3.30. The maximum atomic E-state index is 12.4. The van der Waals surface area contributed by atoms with Crippen LogP contribution in [0, 0.1) is 12.3 Å². The molecule has 0 amide bonds. The van der Waals surface area contributed by atoms with E-state index in [2.05, 4.69) is 17.0 Å². The Hall–Kier alpha value is -0.820. The molecular formula is C15H25ClN2O3S. The molecule has 0 saturated carbocycles. The summed E-state index contributed by atoms with van der Waals surface area (Å²) in [6.45, 7) is 6.34. The van der Waals surface area contributed by atoms with Crippen LogP contribution in [0.25, 0.3) is 0 Å². The van der Waals surface area contributed by atoms with Gasteiger partial charge in [0.05, 0.1) is 12.0 Å². The summed E-state index contributed by atoms with van der Waals surface area (Å²) in [6, 6.07) is 4.92. The van der Waals surface area contributed by atoms with Crippen molar-refractivity contribution >= 4 is 22.4 Å². The van der Waals surface area contributed by atoms with Crippen LogP contribution in [-0.2, 0) is 10.0 Å². The highest BCUT2D eigenvalue weighted by atomic mass is 35.5. The van der Waals surface area contributed by atoms with Crippen LogP contribution < -0.4 is 14.8 Å². The number of hydrogen-bond acceptors (Lipinski definition) is 4. The van der Waals surface area contributed by atoms with Crippen LogP contribution in [0.2, 0.25) is 0 Å².